The number of benzene rings is 2. The van der Waals surface area contributed by atoms with Crippen LogP contribution in [0.2, 0.25) is 0 Å². The van der Waals surface area contributed by atoms with Crippen LogP contribution in [0.5, 0.6) is 5.75 Å². The lowest BCUT2D eigenvalue weighted by Gasteiger charge is -2.20. The number of nitro groups is 1. The quantitative estimate of drug-likeness (QED) is 0.437. The molecule has 1 aromatic heterocycles. The van der Waals surface area contributed by atoms with Gasteiger partial charge in [0.15, 0.2) is 0 Å². The Balaban J connectivity index is 1.84. The third-order valence-corrected chi connectivity index (χ3v) is 4.87. The molecule has 0 fully saturated rings. The van der Waals surface area contributed by atoms with Gasteiger partial charge in [0.05, 0.1) is 12.0 Å². The molecular formula is C21H22N4O5. The summed E-state index contributed by atoms with van der Waals surface area (Å²) in [5, 5.41) is 17.9. The van der Waals surface area contributed by atoms with Crippen LogP contribution in [-0.4, -0.2) is 28.1 Å². The average molecular weight is 410 g/mol. The van der Waals surface area contributed by atoms with Gasteiger partial charge in [-0.2, -0.15) is 4.98 Å². The second-order valence-corrected chi connectivity index (χ2v) is 6.83. The molecule has 0 aliphatic heterocycles. The Labute approximate surface area is 173 Å². The van der Waals surface area contributed by atoms with E-state index in [1.54, 1.807) is 19.2 Å². The predicted molar refractivity (Wildman–Crippen MR) is 109 cm³/mol. The van der Waals surface area contributed by atoms with Crippen LogP contribution in [0, 0.1) is 16.0 Å². The zero-order valence-corrected chi connectivity index (χ0v) is 16.9. The lowest BCUT2D eigenvalue weighted by molar-refractivity contribution is -0.384. The Kier molecular flexibility index (Phi) is 6.41. The molecule has 0 saturated carbocycles. The summed E-state index contributed by atoms with van der Waals surface area (Å²) >= 11 is 0. The first-order valence-electron chi connectivity index (χ1n) is 9.46. The standard InChI is InChI=1S/C21H22N4O5/c1-4-13(2)18(22-20(26)15-6-5-7-16(12-15)25(27)28)21-23-19(24-30-21)14-8-10-17(29-3)11-9-14/h5-13,18H,4H2,1-3H3,(H,22,26)/t13-,18-/m1/s1. The van der Waals surface area contributed by atoms with Gasteiger partial charge in [0.1, 0.15) is 11.8 Å². The van der Waals surface area contributed by atoms with Crippen molar-refractivity contribution in [2.45, 2.75) is 26.3 Å². The molecule has 1 heterocycles. The highest BCUT2D eigenvalue weighted by atomic mass is 16.6. The van der Waals surface area contributed by atoms with Gasteiger partial charge in [0.25, 0.3) is 11.6 Å². The molecule has 156 valence electrons. The number of ether oxygens (including phenoxy) is 1. The summed E-state index contributed by atoms with van der Waals surface area (Å²) in [5.74, 6) is 0.925. The van der Waals surface area contributed by atoms with E-state index in [1.165, 1.54) is 24.3 Å². The van der Waals surface area contributed by atoms with Crippen molar-refractivity contribution in [3.63, 3.8) is 0 Å². The van der Waals surface area contributed by atoms with E-state index in [4.69, 9.17) is 9.26 Å². The maximum absolute atomic E-state index is 12.7. The Morgan fingerprint density at radius 1 is 1.27 bits per heavy atom. The molecule has 0 radical (unpaired) electrons. The summed E-state index contributed by atoms with van der Waals surface area (Å²) in [6.07, 6.45) is 0.750. The number of aromatic nitrogens is 2. The van der Waals surface area contributed by atoms with Gasteiger partial charge in [-0.15, -0.1) is 0 Å². The second kappa shape index (κ2) is 9.17. The number of nitrogens with one attached hydrogen (secondary N) is 1. The Hall–Kier alpha value is -3.75. The number of carbonyl (C=O) groups is 1. The van der Waals surface area contributed by atoms with Crippen molar-refractivity contribution in [2.75, 3.05) is 7.11 Å². The van der Waals surface area contributed by atoms with Crippen molar-refractivity contribution in [1.29, 1.82) is 0 Å². The number of carbonyl (C=O) groups excluding carboxylic acids is 1. The van der Waals surface area contributed by atoms with Crippen LogP contribution in [0.4, 0.5) is 5.69 Å². The van der Waals surface area contributed by atoms with Crippen molar-refractivity contribution >= 4 is 11.6 Å². The van der Waals surface area contributed by atoms with Crippen molar-refractivity contribution in [1.82, 2.24) is 15.5 Å². The minimum absolute atomic E-state index is 0.00295. The van der Waals surface area contributed by atoms with Crippen LogP contribution in [0.25, 0.3) is 11.4 Å². The summed E-state index contributed by atoms with van der Waals surface area (Å²) in [4.78, 5) is 27.6. The molecule has 0 aliphatic carbocycles. The first kappa shape index (κ1) is 21.0. The van der Waals surface area contributed by atoms with E-state index in [0.717, 1.165) is 12.0 Å². The summed E-state index contributed by atoms with van der Waals surface area (Å²) in [6, 6.07) is 12.2. The van der Waals surface area contributed by atoms with E-state index in [0.29, 0.717) is 11.6 Å². The SMILES string of the molecule is CC[C@@H](C)[C@@H](NC(=O)c1cccc([N+](=O)[O-])c1)c1nc(-c2ccc(OC)cc2)no1. The number of amides is 1. The first-order chi connectivity index (χ1) is 14.4. The molecule has 1 amide bonds. The molecular weight excluding hydrogens is 388 g/mol. The Morgan fingerprint density at radius 3 is 2.63 bits per heavy atom. The third kappa shape index (κ3) is 4.62. The summed E-state index contributed by atoms with van der Waals surface area (Å²) in [5.41, 5.74) is 0.786. The molecule has 1 N–H and O–H groups in total. The van der Waals surface area contributed by atoms with Crippen LogP contribution >= 0.6 is 0 Å². The Morgan fingerprint density at radius 2 is 2.00 bits per heavy atom. The fourth-order valence-electron chi connectivity index (χ4n) is 2.89. The maximum Gasteiger partial charge on any atom is 0.270 e. The summed E-state index contributed by atoms with van der Waals surface area (Å²) in [7, 11) is 1.59. The molecule has 9 nitrogen and oxygen atoms in total. The van der Waals surface area contributed by atoms with Gasteiger partial charge in [-0.3, -0.25) is 14.9 Å². The molecule has 2 atom stereocenters. The van der Waals surface area contributed by atoms with Gasteiger partial charge in [0.2, 0.25) is 11.7 Å². The van der Waals surface area contributed by atoms with Gasteiger partial charge in [-0.25, -0.2) is 0 Å². The minimum Gasteiger partial charge on any atom is -0.497 e. The molecule has 0 bridgehead atoms. The van der Waals surface area contributed by atoms with Gasteiger partial charge in [0, 0.05) is 23.3 Å². The van der Waals surface area contributed by atoms with Gasteiger partial charge in [-0.1, -0.05) is 31.5 Å². The van der Waals surface area contributed by atoms with Crippen molar-refractivity contribution in [3.05, 3.63) is 70.1 Å². The fraction of sp³-hybridized carbons (Fsp3) is 0.286. The number of methoxy groups -OCH3 is 1. The minimum atomic E-state index is -0.540. The maximum atomic E-state index is 12.7. The van der Waals surface area contributed by atoms with E-state index in [2.05, 4.69) is 15.5 Å². The van der Waals surface area contributed by atoms with Crippen molar-refractivity contribution in [2.24, 2.45) is 5.92 Å². The zero-order valence-electron chi connectivity index (χ0n) is 16.9. The molecule has 2 aromatic carbocycles. The number of rotatable bonds is 8. The molecule has 0 saturated heterocycles. The molecule has 0 aliphatic rings. The van der Waals surface area contributed by atoms with E-state index in [-0.39, 0.29) is 23.1 Å². The van der Waals surface area contributed by atoms with Crippen LogP contribution < -0.4 is 10.1 Å². The topological polar surface area (TPSA) is 120 Å². The van der Waals surface area contributed by atoms with Crippen LogP contribution in [0.3, 0.4) is 0 Å². The highest BCUT2D eigenvalue weighted by Crippen LogP contribution is 2.27. The van der Waals surface area contributed by atoms with E-state index < -0.39 is 16.9 Å². The normalized spacial score (nSPS) is 12.8. The van der Waals surface area contributed by atoms with E-state index in [1.807, 2.05) is 26.0 Å². The van der Waals surface area contributed by atoms with Crippen LogP contribution in [-0.2, 0) is 0 Å². The second-order valence-electron chi connectivity index (χ2n) is 6.83. The zero-order chi connectivity index (χ0) is 21.7. The molecule has 3 aromatic rings. The Bertz CT molecular complexity index is 1030. The van der Waals surface area contributed by atoms with E-state index in [9.17, 15) is 14.9 Å². The smallest absolute Gasteiger partial charge is 0.270 e. The largest absolute Gasteiger partial charge is 0.497 e. The van der Waals surface area contributed by atoms with Gasteiger partial charge in [-0.05, 0) is 36.2 Å². The van der Waals surface area contributed by atoms with Gasteiger partial charge >= 0.3 is 0 Å². The third-order valence-electron chi connectivity index (χ3n) is 4.87. The van der Waals surface area contributed by atoms with Crippen LogP contribution in [0.1, 0.15) is 42.6 Å². The lowest BCUT2D eigenvalue weighted by atomic mass is 9.98. The predicted octanol–water partition coefficient (Wildman–Crippen LogP) is 4.17. The van der Waals surface area contributed by atoms with Crippen molar-refractivity contribution in [3.8, 4) is 17.1 Å². The molecule has 0 unspecified atom stereocenters. The molecule has 9 heteroatoms. The lowest BCUT2D eigenvalue weighted by Crippen LogP contribution is -2.32. The summed E-state index contributed by atoms with van der Waals surface area (Å²) < 4.78 is 10.6. The highest BCUT2D eigenvalue weighted by molar-refractivity contribution is 5.95. The molecule has 30 heavy (non-hydrogen) atoms. The fourth-order valence-corrected chi connectivity index (χ4v) is 2.89. The molecule has 3 rings (SSSR count). The first-order valence-corrected chi connectivity index (χ1v) is 9.46. The van der Waals surface area contributed by atoms with Gasteiger partial charge < -0.3 is 14.6 Å². The van der Waals surface area contributed by atoms with E-state index >= 15 is 0 Å². The number of non-ortho nitro benzene ring substituents is 1. The highest BCUT2D eigenvalue weighted by Gasteiger charge is 2.27. The number of nitro benzene ring substituents is 1. The monoisotopic (exact) mass is 410 g/mol. The number of hydrogen-bond donors (Lipinski definition) is 1. The number of hydrogen-bond acceptors (Lipinski definition) is 7. The molecule has 0 spiro atoms. The number of nitrogens with zero attached hydrogens (tertiary/aromatic N) is 3. The van der Waals surface area contributed by atoms with Crippen LogP contribution in [0.15, 0.2) is 53.1 Å². The van der Waals surface area contributed by atoms with Crippen molar-refractivity contribution < 1.29 is 19.0 Å². The average Bonchev–Trinajstić information content (AvgIpc) is 3.26. The summed E-state index contributed by atoms with van der Waals surface area (Å²) in [6.45, 7) is 3.94.